The van der Waals surface area contributed by atoms with Gasteiger partial charge in [-0.25, -0.2) is 14.8 Å². The minimum Gasteiger partial charge on any atom is -0.450 e. The smallest absolute Gasteiger partial charge is 0.409 e. The number of likely N-dealkylation sites (tertiary alicyclic amines) is 1. The zero-order chi connectivity index (χ0) is 20.4. The summed E-state index contributed by atoms with van der Waals surface area (Å²) in [4.78, 5) is 25.1. The highest BCUT2D eigenvalue weighted by molar-refractivity contribution is 5.89. The molecule has 4 rings (SSSR count). The van der Waals surface area contributed by atoms with Gasteiger partial charge in [0.2, 0.25) is 0 Å². The molecule has 152 valence electrons. The highest BCUT2D eigenvalue weighted by atomic mass is 16.6. The van der Waals surface area contributed by atoms with Gasteiger partial charge in [0.15, 0.2) is 5.65 Å². The number of piperidine rings is 1. The van der Waals surface area contributed by atoms with Gasteiger partial charge in [-0.15, -0.1) is 0 Å². The largest absolute Gasteiger partial charge is 0.450 e. The van der Waals surface area contributed by atoms with Crippen molar-refractivity contribution in [2.24, 2.45) is 0 Å². The van der Waals surface area contributed by atoms with E-state index in [4.69, 9.17) is 4.74 Å². The number of carbonyl (C=O) groups is 1. The number of aryl methyl sites for hydroxylation is 2. The number of hydrogen-bond acceptors (Lipinski definition) is 6. The zero-order valence-corrected chi connectivity index (χ0v) is 17.1. The fourth-order valence-electron chi connectivity index (χ4n) is 4.02. The summed E-state index contributed by atoms with van der Waals surface area (Å²) < 4.78 is 5.17. The van der Waals surface area contributed by atoms with Gasteiger partial charge in [0.25, 0.3) is 0 Å². The van der Waals surface area contributed by atoms with Crippen LogP contribution in [0.5, 0.6) is 0 Å². The van der Waals surface area contributed by atoms with E-state index in [9.17, 15) is 4.79 Å². The zero-order valence-electron chi connectivity index (χ0n) is 17.1. The molecule has 29 heavy (non-hydrogen) atoms. The maximum absolute atomic E-state index is 12.1. The number of carbonyl (C=O) groups excluding carboxylic acids is 1. The van der Waals surface area contributed by atoms with Crippen LogP contribution in [-0.2, 0) is 4.74 Å². The Kier molecular flexibility index (Phi) is 5.33. The Bertz CT molecular complexity index is 1010. The summed E-state index contributed by atoms with van der Waals surface area (Å²) in [6, 6.07) is 6.66. The van der Waals surface area contributed by atoms with E-state index in [0.29, 0.717) is 25.3 Å². The minimum atomic E-state index is -0.233. The number of ether oxygens (including phenoxy) is 1. The highest BCUT2D eigenvalue weighted by Crippen LogP contribution is 2.36. The number of nitrogens with zero attached hydrogens (tertiary/aromatic N) is 5. The summed E-state index contributed by atoms with van der Waals surface area (Å²) in [5.74, 6) is 0.838. The third kappa shape index (κ3) is 3.74. The lowest BCUT2D eigenvalue weighted by Gasteiger charge is -2.39. The summed E-state index contributed by atoms with van der Waals surface area (Å²) >= 11 is 0. The molecule has 1 aliphatic heterocycles. The Morgan fingerprint density at radius 2 is 2.07 bits per heavy atom. The first-order valence-electron chi connectivity index (χ1n) is 10.0. The van der Waals surface area contributed by atoms with Gasteiger partial charge in [0.05, 0.1) is 18.2 Å². The van der Waals surface area contributed by atoms with Gasteiger partial charge in [-0.1, -0.05) is 17.7 Å². The van der Waals surface area contributed by atoms with Gasteiger partial charge in [0, 0.05) is 24.8 Å². The van der Waals surface area contributed by atoms with E-state index < -0.39 is 0 Å². The van der Waals surface area contributed by atoms with Crippen LogP contribution >= 0.6 is 0 Å². The second kappa shape index (κ2) is 8.06. The fourth-order valence-corrected chi connectivity index (χ4v) is 4.02. The molecule has 1 fully saturated rings. The Balaban J connectivity index is 1.70. The van der Waals surface area contributed by atoms with Crippen molar-refractivity contribution < 1.29 is 9.53 Å². The van der Waals surface area contributed by atoms with E-state index in [1.54, 1.807) is 17.4 Å². The van der Waals surface area contributed by atoms with Crippen molar-refractivity contribution in [2.75, 3.05) is 24.6 Å². The second-order valence-electron chi connectivity index (χ2n) is 7.41. The number of rotatable bonds is 4. The monoisotopic (exact) mass is 394 g/mol. The maximum Gasteiger partial charge on any atom is 0.409 e. The van der Waals surface area contributed by atoms with Crippen LogP contribution in [-0.4, -0.2) is 56.9 Å². The summed E-state index contributed by atoms with van der Waals surface area (Å²) in [6.07, 6.45) is 4.77. The molecule has 1 amide bonds. The first-order valence-corrected chi connectivity index (χ1v) is 10.0. The first kappa shape index (κ1) is 19.2. The maximum atomic E-state index is 12.1. The van der Waals surface area contributed by atoms with E-state index in [2.05, 4.69) is 57.1 Å². The molecule has 8 heteroatoms. The number of hydrogen-bond donors (Lipinski definition) is 1. The summed E-state index contributed by atoms with van der Waals surface area (Å²) in [6.45, 7) is 7.76. The molecular weight excluding hydrogens is 368 g/mol. The first-order chi connectivity index (χ1) is 14.1. The van der Waals surface area contributed by atoms with Crippen molar-refractivity contribution in [3.8, 4) is 0 Å². The lowest BCUT2D eigenvalue weighted by atomic mass is 10.00. The van der Waals surface area contributed by atoms with Crippen LogP contribution in [0.3, 0.4) is 0 Å². The van der Waals surface area contributed by atoms with Crippen LogP contribution in [0, 0.1) is 13.8 Å². The van der Waals surface area contributed by atoms with Crippen LogP contribution in [0.25, 0.3) is 11.0 Å². The molecule has 0 atom stereocenters. The van der Waals surface area contributed by atoms with Gasteiger partial charge in [-0.3, -0.25) is 5.10 Å². The Hall–Kier alpha value is -3.16. The van der Waals surface area contributed by atoms with Crippen molar-refractivity contribution in [3.63, 3.8) is 0 Å². The van der Waals surface area contributed by atoms with Crippen LogP contribution in [0.2, 0.25) is 0 Å². The Morgan fingerprint density at radius 1 is 1.28 bits per heavy atom. The number of nitrogens with one attached hydrogen (secondary N) is 1. The predicted octanol–water partition coefficient (Wildman–Crippen LogP) is 3.73. The molecule has 1 N–H and O–H groups in total. The van der Waals surface area contributed by atoms with Gasteiger partial charge in [-0.05, 0) is 45.2 Å². The van der Waals surface area contributed by atoms with Crippen molar-refractivity contribution in [2.45, 2.75) is 39.7 Å². The Morgan fingerprint density at radius 3 is 2.79 bits per heavy atom. The predicted molar refractivity (Wildman–Crippen MR) is 111 cm³/mol. The molecule has 0 aliphatic carbocycles. The van der Waals surface area contributed by atoms with E-state index in [0.717, 1.165) is 29.7 Å². The molecule has 0 bridgehead atoms. The lowest BCUT2D eigenvalue weighted by molar-refractivity contribution is 0.0973. The number of aromatic amines is 1. The number of benzene rings is 1. The molecule has 1 aromatic carbocycles. The van der Waals surface area contributed by atoms with Crippen LogP contribution < -0.4 is 4.90 Å². The molecule has 0 spiro atoms. The number of aromatic nitrogens is 4. The molecule has 1 aliphatic rings. The fraction of sp³-hybridized carbons (Fsp3) is 0.429. The molecule has 0 unspecified atom stereocenters. The van der Waals surface area contributed by atoms with Gasteiger partial charge < -0.3 is 14.5 Å². The van der Waals surface area contributed by atoms with E-state index >= 15 is 0 Å². The summed E-state index contributed by atoms with van der Waals surface area (Å²) in [5, 5.41) is 7.97. The number of amides is 1. The van der Waals surface area contributed by atoms with Crippen LogP contribution in [0.1, 0.15) is 30.9 Å². The molecule has 1 saturated heterocycles. The van der Waals surface area contributed by atoms with Crippen molar-refractivity contribution in [1.82, 2.24) is 25.1 Å². The number of fused-ring (bicyclic) bond motifs is 1. The number of anilines is 2. The molecule has 2 aromatic heterocycles. The Labute approximate surface area is 169 Å². The molecule has 0 radical (unpaired) electrons. The van der Waals surface area contributed by atoms with Gasteiger partial charge in [0.1, 0.15) is 12.1 Å². The molecular formula is C21H26N6O2. The highest BCUT2D eigenvalue weighted by Gasteiger charge is 2.31. The second-order valence-corrected chi connectivity index (χ2v) is 7.41. The van der Waals surface area contributed by atoms with E-state index in [1.807, 2.05) is 6.92 Å². The average Bonchev–Trinajstić information content (AvgIpc) is 3.20. The van der Waals surface area contributed by atoms with Crippen molar-refractivity contribution >= 4 is 28.6 Å². The summed E-state index contributed by atoms with van der Waals surface area (Å²) in [5.41, 5.74) is 4.24. The quantitative estimate of drug-likeness (QED) is 0.725. The standard InChI is InChI=1S/C21H26N6O2/c1-4-29-21(28)26-9-7-16(8-10-26)27(18-6-5-14(2)11-15(18)3)20-17-12-24-25-19(17)22-13-23-20/h5-6,11-13,16H,4,7-10H2,1-3H3,(H,22,23,24,25). The molecule has 3 aromatic rings. The van der Waals surface area contributed by atoms with Gasteiger partial charge in [-0.2, -0.15) is 5.10 Å². The normalized spacial score (nSPS) is 14.9. The summed E-state index contributed by atoms with van der Waals surface area (Å²) in [7, 11) is 0. The molecule has 3 heterocycles. The van der Waals surface area contributed by atoms with E-state index in [-0.39, 0.29) is 12.1 Å². The van der Waals surface area contributed by atoms with Crippen molar-refractivity contribution in [1.29, 1.82) is 0 Å². The minimum absolute atomic E-state index is 0.204. The lowest BCUT2D eigenvalue weighted by Crippen LogP contribution is -2.46. The van der Waals surface area contributed by atoms with Crippen molar-refractivity contribution in [3.05, 3.63) is 41.9 Å². The molecule has 8 nitrogen and oxygen atoms in total. The number of H-pyrrole nitrogens is 1. The third-order valence-corrected chi connectivity index (χ3v) is 5.42. The van der Waals surface area contributed by atoms with Crippen LogP contribution in [0.15, 0.2) is 30.7 Å². The molecule has 0 saturated carbocycles. The average molecular weight is 394 g/mol. The van der Waals surface area contributed by atoms with Gasteiger partial charge >= 0.3 is 6.09 Å². The third-order valence-electron chi connectivity index (χ3n) is 5.42. The van der Waals surface area contributed by atoms with E-state index in [1.165, 1.54) is 11.1 Å². The SMILES string of the molecule is CCOC(=O)N1CCC(N(c2ccc(C)cc2C)c2ncnc3[nH]ncc23)CC1. The van der Waals surface area contributed by atoms with Crippen LogP contribution in [0.4, 0.5) is 16.3 Å². The topological polar surface area (TPSA) is 87.2 Å².